The number of anilines is 1. The highest BCUT2D eigenvalue weighted by Gasteiger charge is 2.18. The van der Waals surface area contributed by atoms with Crippen LogP contribution in [-0.2, 0) is 4.79 Å². The summed E-state index contributed by atoms with van der Waals surface area (Å²) in [6, 6.07) is 4.85. The molecule has 0 aliphatic carbocycles. The number of nitrogens with two attached hydrogens (primary N) is 1. The summed E-state index contributed by atoms with van der Waals surface area (Å²) in [7, 11) is 0. The zero-order valence-corrected chi connectivity index (χ0v) is 10.8. The van der Waals surface area contributed by atoms with Crippen molar-refractivity contribution in [2.24, 2.45) is 5.73 Å². The number of carbonyl (C=O) groups is 2. The van der Waals surface area contributed by atoms with Crippen molar-refractivity contribution >= 4 is 17.6 Å². The number of hydrogen-bond acceptors (Lipinski definition) is 3. The van der Waals surface area contributed by atoms with Crippen LogP contribution in [0.2, 0.25) is 0 Å². The van der Waals surface area contributed by atoms with E-state index in [1.165, 1.54) is 6.07 Å². The maximum absolute atomic E-state index is 11.7. The molecule has 1 rings (SSSR count). The maximum atomic E-state index is 11.7. The zero-order valence-electron chi connectivity index (χ0n) is 10.8. The van der Waals surface area contributed by atoms with E-state index in [2.05, 4.69) is 5.32 Å². The fraction of sp³-hybridized carbons (Fsp3) is 0.385. The Kier molecular flexibility index (Phi) is 4.08. The zero-order chi connectivity index (χ0) is 13.9. The number of carboxylic acid groups (broad SMARTS) is 1. The van der Waals surface area contributed by atoms with Gasteiger partial charge < -0.3 is 16.2 Å². The van der Waals surface area contributed by atoms with E-state index in [0.29, 0.717) is 5.69 Å². The summed E-state index contributed by atoms with van der Waals surface area (Å²) < 4.78 is 0. The second-order valence-electron chi connectivity index (χ2n) is 5.07. The summed E-state index contributed by atoms with van der Waals surface area (Å²) >= 11 is 0. The minimum Gasteiger partial charge on any atom is -0.478 e. The van der Waals surface area contributed by atoms with Crippen LogP contribution in [0.1, 0.15) is 36.2 Å². The van der Waals surface area contributed by atoms with E-state index in [1.807, 2.05) is 0 Å². The number of rotatable bonds is 4. The molecule has 0 aliphatic heterocycles. The first kappa shape index (κ1) is 14.2. The summed E-state index contributed by atoms with van der Waals surface area (Å²) in [6.45, 7) is 5.26. The van der Waals surface area contributed by atoms with Crippen LogP contribution >= 0.6 is 0 Å². The van der Waals surface area contributed by atoms with Crippen LogP contribution in [0.25, 0.3) is 0 Å². The van der Waals surface area contributed by atoms with E-state index in [-0.39, 0.29) is 17.9 Å². The summed E-state index contributed by atoms with van der Waals surface area (Å²) in [4.78, 5) is 22.8. The van der Waals surface area contributed by atoms with Crippen LogP contribution in [0.5, 0.6) is 0 Å². The van der Waals surface area contributed by atoms with Crippen LogP contribution in [0.3, 0.4) is 0 Å². The molecule has 0 aromatic heterocycles. The monoisotopic (exact) mass is 250 g/mol. The van der Waals surface area contributed by atoms with Gasteiger partial charge in [-0.15, -0.1) is 0 Å². The number of hydrogen-bond donors (Lipinski definition) is 3. The Morgan fingerprint density at radius 1 is 1.39 bits per heavy atom. The highest BCUT2D eigenvalue weighted by Crippen LogP contribution is 2.18. The van der Waals surface area contributed by atoms with Crippen LogP contribution in [0.15, 0.2) is 18.2 Å². The number of nitrogens with one attached hydrogen (secondary N) is 1. The molecule has 1 aromatic rings. The summed E-state index contributed by atoms with van der Waals surface area (Å²) in [5, 5.41) is 11.6. The standard InChI is InChI=1S/C13H18N2O3/c1-8-4-5-10(9(6-8)12(17)18)15-11(16)7-13(2,3)14/h4-6H,7,14H2,1-3H3,(H,15,16)(H,17,18). The molecule has 0 bridgehead atoms. The van der Waals surface area contributed by atoms with Crippen LogP contribution in [-0.4, -0.2) is 22.5 Å². The maximum Gasteiger partial charge on any atom is 0.337 e. The Labute approximate surface area is 106 Å². The molecule has 0 unspecified atom stereocenters. The molecular weight excluding hydrogens is 232 g/mol. The number of aryl methyl sites for hydroxylation is 1. The van der Waals surface area contributed by atoms with Gasteiger partial charge in [-0.1, -0.05) is 11.6 Å². The van der Waals surface area contributed by atoms with Crippen molar-refractivity contribution in [3.05, 3.63) is 29.3 Å². The fourth-order valence-corrected chi connectivity index (χ4v) is 1.55. The lowest BCUT2D eigenvalue weighted by Crippen LogP contribution is -2.36. The van der Waals surface area contributed by atoms with Gasteiger partial charge in [-0.2, -0.15) is 0 Å². The molecule has 0 heterocycles. The molecule has 18 heavy (non-hydrogen) atoms. The first-order chi connectivity index (χ1) is 8.19. The second-order valence-corrected chi connectivity index (χ2v) is 5.07. The van der Waals surface area contributed by atoms with Crippen molar-refractivity contribution in [3.63, 3.8) is 0 Å². The normalized spacial score (nSPS) is 11.1. The second kappa shape index (κ2) is 5.18. The molecule has 0 atom stereocenters. The first-order valence-electron chi connectivity index (χ1n) is 5.62. The molecule has 5 heteroatoms. The van der Waals surface area contributed by atoms with Crippen molar-refractivity contribution in [2.75, 3.05) is 5.32 Å². The van der Waals surface area contributed by atoms with Crippen LogP contribution in [0, 0.1) is 6.92 Å². The largest absolute Gasteiger partial charge is 0.478 e. The molecule has 4 N–H and O–H groups in total. The van der Waals surface area contributed by atoms with E-state index < -0.39 is 11.5 Å². The predicted molar refractivity (Wildman–Crippen MR) is 69.7 cm³/mol. The highest BCUT2D eigenvalue weighted by molar-refractivity contribution is 6.00. The van der Waals surface area contributed by atoms with Crippen molar-refractivity contribution < 1.29 is 14.7 Å². The number of aromatic carboxylic acids is 1. The van der Waals surface area contributed by atoms with Gasteiger partial charge in [0.25, 0.3) is 0 Å². The molecule has 1 amide bonds. The molecule has 0 aliphatic rings. The Hall–Kier alpha value is -1.88. The van der Waals surface area contributed by atoms with Gasteiger partial charge in [0.2, 0.25) is 5.91 Å². The van der Waals surface area contributed by atoms with Gasteiger partial charge in [-0.25, -0.2) is 4.79 Å². The third-order valence-corrected chi connectivity index (χ3v) is 2.30. The third-order valence-electron chi connectivity index (χ3n) is 2.30. The molecule has 0 saturated heterocycles. The molecule has 0 fully saturated rings. The predicted octanol–water partition coefficient (Wildman–Crippen LogP) is 1.76. The minimum atomic E-state index is -1.07. The van der Waals surface area contributed by atoms with Crippen molar-refractivity contribution in [3.8, 4) is 0 Å². The highest BCUT2D eigenvalue weighted by atomic mass is 16.4. The summed E-state index contributed by atoms with van der Waals surface area (Å²) in [5.74, 6) is -1.37. The van der Waals surface area contributed by atoms with Crippen molar-refractivity contribution in [1.82, 2.24) is 0 Å². The van der Waals surface area contributed by atoms with Gasteiger partial charge in [-0.3, -0.25) is 4.79 Å². The van der Waals surface area contributed by atoms with Crippen LogP contribution < -0.4 is 11.1 Å². The Morgan fingerprint density at radius 3 is 2.50 bits per heavy atom. The van der Waals surface area contributed by atoms with E-state index in [9.17, 15) is 9.59 Å². The van der Waals surface area contributed by atoms with E-state index >= 15 is 0 Å². The molecule has 5 nitrogen and oxygen atoms in total. The van der Waals surface area contributed by atoms with Gasteiger partial charge in [0.1, 0.15) is 0 Å². The van der Waals surface area contributed by atoms with E-state index in [4.69, 9.17) is 10.8 Å². The number of amides is 1. The SMILES string of the molecule is Cc1ccc(NC(=O)CC(C)(C)N)c(C(=O)O)c1. The Morgan fingerprint density at radius 2 is 2.00 bits per heavy atom. The van der Waals surface area contributed by atoms with Gasteiger partial charge in [0.15, 0.2) is 0 Å². The quantitative estimate of drug-likeness (QED) is 0.759. The fourth-order valence-electron chi connectivity index (χ4n) is 1.55. The van der Waals surface area contributed by atoms with E-state index in [0.717, 1.165) is 5.56 Å². The van der Waals surface area contributed by atoms with Crippen LogP contribution in [0.4, 0.5) is 5.69 Å². The lowest BCUT2D eigenvalue weighted by molar-refractivity contribution is -0.117. The lowest BCUT2D eigenvalue weighted by atomic mass is 10.0. The molecule has 0 radical (unpaired) electrons. The van der Waals surface area contributed by atoms with Crippen molar-refractivity contribution in [2.45, 2.75) is 32.7 Å². The molecule has 1 aromatic carbocycles. The van der Waals surface area contributed by atoms with Gasteiger partial charge in [0, 0.05) is 12.0 Å². The average Bonchev–Trinajstić information content (AvgIpc) is 2.17. The molecular formula is C13H18N2O3. The molecule has 98 valence electrons. The lowest BCUT2D eigenvalue weighted by Gasteiger charge is -2.18. The number of benzene rings is 1. The van der Waals surface area contributed by atoms with Gasteiger partial charge in [-0.05, 0) is 32.9 Å². The summed E-state index contributed by atoms with van der Waals surface area (Å²) in [5.41, 5.74) is 6.31. The minimum absolute atomic E-state index is 0.0816. The molecule has 0 spiro atoms. The van der Waals surface area contributed by atoms with E-state index in [1.54, 1.807) is 32.9 Å². The smallest absolute Gasteiger partial charge is 0.337 e. The topological polar surface area (TPSA) is 92.4 Å². The Balaban J connectivity index is 2.91. The first-order valence-corrected chi connectivity index (χ1v) is 5.62. The number of carboxylic acids is 1. The molecule has 0 saturated carbocycles. The summed E-state index contributed by atoms with van der Waals surface area (Å²) in [6.07, 6.45) is 0.125. The van der Waals surface area contributed by atoms with Gasteiger partial charge >= 0.3 is 5.97 Å². The Bertz CT molecular complexity index is 476. The van der Waals surface area contributed by atoms with Gasteiger partial charge in [0.05, 0.1) is 11.3 Å². The average molecular weight is 250 g/mol. The third kappa shape index (κ3) is 4.18. The van der Waals surface area contributed by atoms with Crippen molar-refractivity contribution in [1.29, 1.82) is 0 Å². The number of carbonyl (C=O) groups excluding carboxylic acids is 1.